The molecule has 1 aromatic rings. The zero-order chi connectivity index (χ0) is 16.3. The number of hydrogen-bond donors (Lipinski definition) is 3. The number of thiophene rings is 1. The average Bonchev–Trinajstić information content (AvgIpc) is 3.13. The highest BCUT2D eigenvalue weighted by Gasteiger charge is 2.31. The normalized spacial score (nSPS) is 20.2. The average molecular weight is 344 g/mol. The third-order valence-electron chi connectivity index (χ3n) is 3.99. The Labute approximate surface area is 138 Å². The second-order valence-corrected chi connectivity index (χ2v) is 9.68. The fourth-order valence-electron chi connectivity index (χ4n) is 2.68. The second kappa shape index (κ2) is 7.10. The van der Waals surface area contributed by atoms with Crippen molar-refractivity contribution in [2.45, 2.75) is 57.2 Å². The van der Waals surface area contributed by atoms with Crippen LogP contribution >= 0.6 is 11.3 Å². The molecule has 22 heavy (non-hydrogen) atoms. The molecule has 124 valence electrons. The fraction of sp³-hybridized carbons (Fsp3) is 0.667. The quantitative estimate of drug-likeness (QED) is 0.332. The lowest BCUT2D eigenvalue weighted by atomic mass is 9.97. The van der Waals surface area contributed by atoms with Crippen LogP contribution < -0.4 is 10.5 Å². The molecule has 1 aliphatic rings. The molecule has 0 saturated heterocycles. The molecular formula is C15H25N3O2S2. The van der Waals surface area contributed by atoms with Gasteiger partial charge < -0.3 is 10.9 Å². The molecule has 0 aromatic carbocycles. The maximum atomic E-state index is 12.5. The summed E-state index contributed by atoms with van der Waals surface area (Å²) in [6, 6.07) is 2.00. The summed E-state index contributed by atoms with van der Waals surface area (Å²) in [5.41, 5.74) is 6.37. The van der Waals surface area contributed by atoms with Crippen LogP contribution in [0.2, 0.25) is 0 Å². The molecule has 2 atom stereocenters. The fourth-order valence-corrected chi connectivity index (χ4v) is 4.70. The van der Waals surface area contributed by atoms with E-state index >= 15 is 0 Å². The van der Waals surface area contributed by atoms with E-state index in [1.165, 1.54) is 12.8 Å². The van der Waals surface area contributed by atoms with Crippen molar-refractivity contribution in [3.63, 3.8) is 0 Å². The lowest BCUT2D eigenvalue weighted by Gasteiger charge is -2.27. The Bertz CT molecular complexity index is 557. The van der Waals surface area contributed by atoms with Crippen LogP contribution in [0.15, 0.2) is 16.6 Å². The molecule has 1 aliphatic carbocycles. The van der Waals surface area contributed by atoms with E-state index in [1.807, 2.05) is 32.2 Å². The highest BCUT2D eigenvalue weighted by atomic mass is 32.2. The van der Waals surface area contributed by atoms with E-state index in [-0.39, 0.29) is 16.6 Å². The number of amidine groups is 1. The van der Waals surface area contributed by atoms with Crippen molar-refractivity contribution in [2.24, 2.45) is 16.8 Å². The van der Waals surface area contributed by atoms with Gasteiger partial charge in [-0.2, -0.15) is 0 Å². The Morgan fingerprint density at radius 2 is 2.14 bits per heavy atom. The van der Waals surface area contributed by atoms with Gasteiger partial charge in [0, 0.05) is 15.8 Å². The smallest absolute Gasteiger partial charge is 0.170 e. The summed E-state index contributed by atoms with van der Waals surface area (Å²) < 4.78 is 15.5. The van der Waals surface area contributed by atoms with Crippen LogP contribution in [0.4, 0.5) is 0 Å². The summed E-state index contributed by atoms with van der Waals surface area (Å²) in [7, 11) is -1.12. The predicted molar refractivity (Wildman–Crippen MR) is 92.6 cm³/mol. The van der Waals surface area contributed by atoms with Crippen LogP contribution in [0.3, 0.4) is 0 Å². The first-order valence-electron chi connectivity index (χ1n) is 7.57. The maximum absolute atomic E-state index is 12.5. The summed E-state index contributed by atoms with van der Waals surface area (Å²) in [4.78, 5) is 1.10. The number of nitrogens with two attached hydrogens (primary N) is 1. The molecule has 0 aliphatic heterocycles. The van der Waals surface area contributed by atoms with Crippen LogP contribution in [0.1, 0.15) is 62.9 Å². The van der Waals surface area contributed by atoms with Crippen LogP contribution in [0.5, 0.6) is 0 Å². The Morgan fingerprint density at radius 3 is 2.68 bits per heavy atom. The van der Waals surface area contributed by atoms with Gasteiger partial charge >= 0.3 is 0 Å². The molecule has 0 unspecified atom stereocenters. The number of hydrogen-bond acceptors (Lipinski definition) is 4. The lowest BCUT2D eigenvalue weighted by molar-refractivity contribution is 0.318. The van der Waals surface area contributed by atoms with Gasteiger partial charge in [0.2, 0.25) is 0 Å². The predicted octanol–water partition coefficient (Wildman–Crippen LogP) is 3.13. The number of oxime groups is 1. The van der Waals surface area contributed by atoms with Crippen molar-refractivity contribution in [1.82, 2.24) is 4.72 Å². The standard InChI is InChI=1S/C15H25N3O2S2/c1-15(2,3)22(20)18-13(10-6-4-5-7-10)12-8-11(9-21-12)14(16)17-19/h8-10,13,18-19H,4-7H2,1-3H3,(H2,16,17)/t13-,22-/m0/s1. The van der Waals surface area contributed by atoms with Crippen LogP contribution in [0, 0.1) is 5.92 Å². The minimum Gasteiger partial charge on any atom is -0.409 e. The van der Waals surface area contributed by atoms with Gasteiger partial charge in [-0.1, -0.05) is 18.0 Å². The number of nitrogens with zero attached hydrogens (tertiary/aromatic N) is 1. The van der Waals surface area contributed by atoms with Crippen molar-refractivity contribution in [3.8, 4) is 0 Å². The molecular weight excluding hydrogens is 318 g/mol. The molecule has 0 bridgehead atoms. The molecule has 1 saturated carbocycles. The molecule has 5 nitrogen and oxygen atoms in total. The molecule has 1 fully saturated rings. The van der Waals surface area contributed by atoms with E-state index in [1.54, 1.807) is 11.3 Å². The summed E-state index contributed by atoms with van der Waals surface area (Å²) in [5, 5.41) is 13.7. The Morgan fingerprint density at radius 1 is 1.50 bits per heavy atom. The van der Waals surface area contributed by atoms with E-state index in [0.717, 1.165) is 17.7 Å². The van der Waals surface area contributed by atoms with E-state index in [9.17, 15) is 4.21 Å². The Hall–Kier alpha value is -0.920. The SMILES string of the molecule is CC(C)(C)[S@](=O)N[C@H](c1cc(/C(N)=N/O)cs1)C1CCCC1. The van der Waals surface area contributed by atoms with Crippen LogP contribution in [-0.4, -0.2) is 20.0 Å². The zero-order valence-corrected chi connectivity index (χ0v) is 15.0. The number of nitrogens with one attached hydrogen (secondary N) is 1. The third-order valence-corrected chi connectivity index (χ3v) is 6.59. The summed E-state index contributed by atoms with van der Waals surface area (Å²) in [6.07, 6.45) is 4.75. The van der Waals surface area contributed by atoms with Gasteiger partial charge in [0.05, 0.1) is 21.8 Å². The van der Waals surface area contributed by atoms with E-state index in [0.29, 0.717) is 11.5 Å². The zero-order valence-electron chi connectivity index (χ0n) is 13.3. The molecule has 0 spiro atoms. The van der Waals surface area contributed by atoms with Gasteiger partial charge in [-0.3, -0.25) is 0 Å². The summed E-state index contributed by atoms with van der Waals surface area (Å²) in [5.74, 6) is 0.606. The van der Waals surface area contributed by atoms with Crippen molar-refractivity contribution in [3.05, 3.63) is 21.9 Å². The van der Waals surface area contributed by atoms with Crippen molar-refractivity contribution < 1.29 is 9.42 Å². The minimum atomic E-state index is -1.12. The van der Waals surface area contributed by atoms with Crippen LogP contribution in [-0.2, 0) is 11.0 Å². The third kappa shape index (κ3) is 4.08. The summed E-state index contributed by atoms with van der Waals surface area (Å²) in [6.45, 7) is 5.91. The van der Waals surface area contributed by atoms with E-state index in [2.05, 4.69) is 9.88 Å². The number of rotatable bonds is 5. The monoisotopic (exact) mass is 343 g/mol. The highest BCUT2D eigenvalue weighted by Crippen LogP contribution is 2.38. The minimum absolute atomic E-state index is 0.0628. The lowest BCUT2D eigenvalue weighted by Crippen LogP contribution is -2.37. The molecule has 1 aromatic heterocycles. The Kier molecular flexibility index (Phi) is 5.63. The second-order valence-electron chi connectivity index (χ2n) is 6.74. The summed E-state index contributed by atoms with van der Waals surface area (Å²) >= 11 is 1.57. The van der Waals surface area contributed by atoms with Gasteiger partial charge in [0.1, 0.15) is 0 Å². The molecule has 2 rings (SSSR count). The van der Waals surface area contributed by atoms with Crippen molar-refractivity contribution >= 4 is 28.2 Å². The van der Waals surface area contributed by atoms with Crippen molar-refractivity contribution in [1.29, 1.82) is 0 Å². The molecule has 0 radical (unpaired) electrons. The van der Waals surface area contributed by atoms with Gasteiger partial charge in [0.15, 0.2) is 5.84 Å². The van der Waals surface area contributed by atoms with Crippen LogP contribution in [0.25, 0.3) is 0 Å². The molecule has 1 heterocycles. The first-order valence-corrected chi connectivity index (χ1v) is 9.60. The first kappa shape index (κ1) is 17.4. The maximum Gasteiger partial charge on any atom is 0.170 e. The first-order chi connectivity index (χ1) is 10.3. The van der Waals surface area contributed by atoms with Gasteiger partial charge in [-0.25, -0.2) is 8.93 Å². The van der Waals surface area contributed by atoms with Gasteiger partial charge in [-0.15, -0.1) is 11.3 Å². The largest absolute Gasteiger partial charge is 0.409 e. The molecule has 7 heteroatoms. The molecule has 4 N–H and O–H groups in total. The topological polar surface area (TPSA) is 87.7 Å². The van der Waals surface area contributed by atoms with Crippen molar-refractivity contribution in [2.75, 3.05) is 0 Å². The van der Waals surface area contributed by atoms with Gasteiger partial charge in [-0.05, 0) is 45.6 Å². The van der Waals surface area contributed by atoms with E-state index in [4.69, 9.17) is 10.9 Å². The Balaban J connectivity index is 2.24. The molecule has 0 amide bonds. The highest BCUT2D eigenvalue weighted by molar-refractivity contribution is 7.84. The van der Waals surface area contributed by atoms with E-state index < -0.39 is 11.0 Å². The van der Waals surface area contributed by atoms with Gasteiger partial charge in [0.25, 0.3) is 0 Å².